The Labute approximate surface area is 152 Å². The highest BCUT2D eigenvalue weighted by molar-refractivity contribution is 5.84. The van der Waals surface area contributed by atoms with Crippen molar-refractivity contribution in [2.24, 2.45) is 5.10 Å². The molecule has 2 rings (SSSR count). The largest absolute Gasteiger partial charge is 0.494 e. The number of aromatic nitrogens is 3. The van der Waals surface area contributed by atoms with Crippen LogP contribution in [0.15, 0.2) is 28.1 Å². The van der Waals surface area contributed by atoms with Gasteiger partial charge in [0.15, 0.2) is 0 Å². The van der Waals surface area contributed by atoms with Crippen LogP contribution in [0.4, 0.5) is 5.95 Å². The molecule has 8 nitrogen and oxygen atoms in total. The standard InChI is InChI=1S/C18H25N5O3/c1-6-25-13-9-8-12(14(10-13)26-7-2)11-19-22-17-20-16(24)15(21-23-17)18(3,4)5/h8-11H,6-7H2,1-5H3,(H2,20,22,23,24)/b19-11+. The van der Waals surface area contributed by atoms with Gasteiger partial charge in [-0.05, 0) is 26.0 Å². The van der Waals surface area contributed by atoms with Crippen molar-refractivity contribution in [2.75, 3.05) is 18.6 Å². The third-order valence-electron chi connectivity index (χ3n) is 3.38. The molecule has 0 aliphatic heterocycles. The van der Waals surface area contributed by atoms with Crippen molar-refractivity contribution in [2.45, 2.75) is 40.0 Å². The Hall–Kier alpha value is -2.90. The summed E-state index contributed by atoms with van der Waals surface area (Å²) in [5.74, 6) is 1.56. The van der Waals surface area contributed by atoms with Gasteiger partial charge in [-0.1, -0.05) is 20.8 Å². The van der Waals surface area contributed by atoms with Crippen molar-refractivity contribution >= 4 is 12.2 Å². The number of anilines is 1. The summed E-state index contributed by atoms with van der Waals surface area (Å²) in [7, 11) is 0. The third-order valence-corrected chi connectivity index (χ3v) is 3.38. The summed E-state index contributed by atoms with van der Waals surface area (Å²) < 4.78 is 11.1. The number of ether oxygens (including phenoxy) is 2. The van der Waals surface area contributed by atoms with Gasteiger partial charge in [0.05, 0.1) is 19.4 Å². The van der Waals surface area contributed by atoms with Gasteiger partial charge in [0.1, 0.15) is 17.2 Å². The first-order valence-electron chi connectivity index (χ1n) is 8.51. The van der Waals surface area contributed by atoms with E-state index in [0.29, 0.717) is 24.7 Å². The van der Waals surface area contributed by atoms with Crippen LogP contribution >= 0.6 is 0 Å². The fourth-order valence-corrected chi connectivity index (χ4v) is 2.20. The second-order valence-electron chi connectivity index (χ2n) is 6.54. The fourth-order valence-electron chi connectivity index (χ4n) is 2.20. The molecule has 0 unspecified atom stereocenters. The fraction of sp³-hybridized carbons (Fsp3) is 0.444. The molecule has 0 bridgehead atoms. The van der Waals surface area contributed by atoms with E-state index < -0.39 is 0 Å². The normalized spacial score (nSPS) is 11.6. The van der Waals surface area contributed by atoms with E-state index in [1.807, 2.05) is 52.8 Å². The quantitative estimate of drug-likeness (QED) is 0.582. The van der Waals surface area contributed by atoms with Crippen molar-refractivity contribution in [1.82, 2.24) is 15.2 Å². The van der Waals surface area contributed by atoms with Crippen LogP contribution in [0.2, 0.25) is 0 Å². The predicted molar refractivity (Wildman–Crippen MR) is 101 cm³/mol. The molecule has 0 aliphatic rings. The molecule has 1 heterocycles. The highest BCUT2D eigenvalue weighted by Crippen LogP contribution is 2.24. The summed E-state index contributed by atoms with van der Waals surface area (Å²) in [6, 6.07) is 5.50. The Morgan fingerprint density at radius 3 is 2.54 bits per heavy atom. The van der Waals surface area contributed by atoms with Gasteiger partial charge in [-0.15, -0.1) is 10.2 Å². The molecule has 26 heavy (non-hydrogen) atoms. The van der Waals surface area contributed by atoms with E-state index in [9.17, 15) is 4.79 Å². The molecule has 0 spiro atoms. The lowest BCUT2D eigenvalue weighted by atomic mass is 9.93. The molecule has 2 aromatic rings. The van der Waals surface area contributed by atoms with Gasteiger partial charge in [-0.25, -0.2) is 5.43 Å². The van der Waals surface area contributed by atoms with Gasteiger partial charge < -0.3 is 9.47 Å². The minimum atomic E-state index is -0.378. The maximum Gasteiger partial charge on any atom is 0.274 e. The summed E-state index contributed by atoms with van der Waals surface area (Å²) in [4.78, 5) is 14.7. The third kappa shape index (κ3) is 5.05. The first kappa shape index (κ1) is 19.4. The van der Waals surface area contributed by atoms with Crippen LogP contribution in [0.25, 0.3) is 0 Å². The Balaban J connectivity index is 2.15. The van der Waals surface area contributed by atoms with Gasteiger partial charge in [-0.2, -0.15) is 5.10 Å². The number of hydrogen-bond acceptors (Lipinski definition) is 7. The second-order valence-corrected chi connectivity index (χ2v) is 6.54. The lowest BCUT2D eigenvalue weighted by Crippen LogP contribution is -2.28. The maximum atomic E-state index is 12.1. The average Bonchev–Trinajstić information content (AvgIpc) is 2.56. The van der Waals surface area contributed by atoms with Crippen molar-refractivity contribution in [1.29, 1.82) is 0 Å². The van der Waals surface area contributed by atoms with Gasteiger partial charge in [0.25, 0.3) is 5.56 Å². The Bertz CT molecular complexity index is 824. The van der Waals surface area contributed by atoms with Gasteiger partial charge in [0.2, 0.25) is 5.95 Å². The molecule has 0 saturated heterocycles. The van der Waals surface area contributed by atoms with Crippen LogP contribution in [-0.2, 0) is 5.41 Å². The molecule has 0 atom stereocenters. The highest BCUT2D eigenvalue weighted by atomic mass is 16.5. The average molecular weight is 359 g/mol. The number of nitrogens with one attached hydrogen (secondary N) is 2. The zero-order valence-electron chi connectivity index (χ0n) is 15.8. The van der Waals surface area contributed by atoms with E-state index in [2.05, 4.69) is 25.7 Å². The van der Waals surface area contributed by atoms with Crippen molar-refractivity contribution in [3.8, 4) is 11.5 Å². The highest BCUT2D eigenvalue weighted by Gasteiger charge is 2.20. The van der Waals surface area contributed by atoms with Crippen molar-refractivity contribution in [3.05, 3.63) is 39.8 Å². The zero-order valence-corrected chi connectivity index (χ0v) is 15.8. The van der Waals surface area contributed by atoms with E-state index in [-0.39, 0.29) is 16.9 Å². The van der Waals surface area contributed by atoms with Crippen molar-refractivity contribution in [3.63, 3.8) is 0 Å². The Morgan fingerprint density at radius 1 is 1.19 bits per heavy atom. The molecule has 0 fully saturated rings. The molecule has 0 amide bonds. The van der Waals surface area contributed by atoms with E-state index >= 15 is 0 Å². The van der Waals surface area contributed by atoms with Crippen LogP contribution < -0.4 is 20.5 Å². The number of hydrogen-bond donors (Lipinski definition) is 2. The molecule has 0 saturated carbocycles. The van der Waals surface area contributed by atoms with Crippen LogP contribution in [0.1, 0.15) is 45.9 Å². The minimum Gasteiger partial charge on any atom is -0.494 e. The molecular weight excluding hydrogens is 334 g/mol. The summed E-state index contributed by atoms with van der Waals surface area (Å²) in [5.41, 5.74) is 3.15. The van der Waals surface area contributed by atoms with Crippen LogP contribution in [0.5, 0.6) is 11.5 Å². The predicted octanol–water partition coefficient (Wildman–Crippen LogP) is 2.71. The molecule has 0 aliphatic carbocycles. The van der Waals surface area contributed by atoms with Crippen molar-refractivity contribution < 1.29 is 9.47 Å². The maximum absolute atomic E-state index is 12.1. The Kier molecular flexibility index (Phi) is 6.32. The molecule has 140 valence electrons. The smallest absolute Gasteiger partial charge is 0.274 e. The van der Waals surface area contributed by atoms with Gasteiger partial charge >= 0.3 is 0 Å². The summed E-state index contributed by atoms with van der Waals surface area (Å²) >= 11 is 0. The number of H-pyrrole nitrogens is 1. The second kappa shape index (κ2) is 8.46. The molecule has 0 radical (unpaired) electrons. The van der Waals surface area contributed by atoms with Crippen LogP contribution in [0, 0.1) is 0 Å². The monoisotopic (exact) mass is 359 g/mol. The van der Waals surface area contributed by atoms with E-state index in [1.165, 1.54) is 0 Å². The number of nitrogens with zero attached hydrogens (tertiary/aromatic N) is 3. The van der Waals surface area contributed by atoms with E-state index in [0.717, 1.165) is 11.3 Å². The first-order chi connectivity index (χ1) is 12.3. The van der Waals surface area contributed by atoms with Gasteiger partial charge in [-0.3, -0.25) is 9.78 Å². The number of benzene rings is 1. The SMILES string of the molecule is CCOc1ccc(/C=N/Nc2nnc(C(C)(C)C)c(=O)[nH]2)c(OCC)c1. The zero-order chi connectivity index (χ0) is 19.2. The molecule has 1 aromatic carbocycles. The Morgan fingerprint density at radius 2 is 1.92 bits per heavy atom. The molecule has 8 heteroatoms. The summed E-state index contributed by atoms with van der Waals surface area (Å²) in [6.45, 7) is 10.6. The number of hydrazone groups is 1. The van der Waals surface area contributed by atoms with Crippen LogP contribution in [0.3, 0.4) is 0 Å². The lowest BCUT2D eigenvalue weighted by Gasteiger charge is -2.15. The summed E-state index contributed by atoms with van der Waals surface area (Å²) in [6.07, 6.45) is 1.58. The molecule has 2 N–H and O–H groups in total. The van der Waals surface area contributed by atoms with E-state index in [1.54, 1.807) is 6.21 Å². The minimum absolute atomic E-state index is 0.170. The summed E-state index contributed by atoms with van der Waals surface area (Å²) in [5, 5.41) is 12.0. The topological polar surface area (TPSA) is 101 Å². The number of aromatic amines is 1. The van der Waals surface area contributed by atoms with E-state index in [4.69, 9.17) is 9.47 Å². The van der Waals surface area contributed by atoms with Gasteiger partial charge in [0, 0.05) is 17.0 Å². The molecule has 1 aromatic heterocycles. The lowest BCUT2D eigenvalue weighted by molar-refractivity contribution is 0.323. The van der Waals surface area contributed by atoms with Crippen LogP contribution in [-0.4, -0.2) is 34.6 Å². The number of rotatable bonds is 7. The first-order valence-corrected chi connectivity index (χ1v) is 8.51. The molecular formula is C18H25N5O3.